The lowest BCUT2D eigenvalue weighted by Gasteiger charge is -2.21. The van der Waals surface area contributed by atoms with Gasteiger partial charge in [0.05, 0.1) is 17.6 Å². The summed E-state index contributed by atoms with van der Waals surface area (Å²) in [6.45, 7) is 2.30. The van der Waals surface area contributed by atoms with Crippen molar-refractivity contribution in [2.45, 2.75) is 51.4 Å². The van der Waals surface area contributed by atoms with Crippen molar-refractivity contribution in [3.63, 3.8) is 0 Å². The Balaban J connectivity index is 1.99. The molecule has 1 aliphatic rings. The van der Waals surface area contributed by atoms with Gasteiger partial charge in [-0.15, -0.1) is 0 Å². The predicted octanol–water partition coefficient (Wildman–Crippen LogP) is 7.06. The molecule has 1 heterocycles. The molecule has 5 heteroatoms. The summed E-state index contributed by atoms with van der Waals surface area (Å²) in [5, 5.41) is 0.904. The lowest BCUT2D eigenvalue weighted by Crippen LogP contribution is -2.15. The fourth-order valence-corrected chi connectivity index (χ4v) is 4.41. The Bertz CT molecular complexity index is 987. The SMILES string of the molecule is COCn1c(-c2ccccc2)c(C(CC2CC2)CC(F)(F)F)c2ccc(C)cc21. The Labute approximate surface area is 169 Å². The molecule has 154 valence electrons. The molecule has 1 fully saturated rings. The summed E-state index contributed by atoms with van der Waals surface area (Å²) in [6, 6.07) is 15.7. The molecule has 2 nitrogen and oxygen atoms in total. The maximum Gasteiger partial charge on any atom is 0.389 e. The first kappa shape index (κ1) is 20.0. The number of aryl methyl sites for hydroxylation is 1. The lowest BCUT2D eigenvalue weighted by atomic mass is 9.86. The van der Waals surface area contributed by atoms with Crippen molar-refractivity contribution in [3.05, 3.63) is 59.7 Å². The predicted molar refractivity (Wildman–Crippen MR) is 110 cm³/mol. The summed E-state index contributed by atoms with van der Waals surface area (Å²) < 4.78 is 48.2. The van der Waals surface area contributed by atoms with E-state index >= 15 is 0 Å². The van der Waals surface area contributed by atoms with Crippen molar-refractivity contribution in [1.29, 1.82) is 0 Å². The average Bonchev–Trinajstić information content (AvgIpc) is 3.43. The Morgan fingerprint density at radius 2 is 1.83 bits per heavy atom. The van der Waals surface area contributed by atoms with Crippen LogP contribution in [0.5, 0.6) is 0 Å². The number of hydrogen-bond acceptors (Lipinski definition) is 1. The minimum absolute atomic E-state index is 0.298. The van der Waals surface area contributed by atoms with Gasteiger partial charge in [-0.05, 0) is 47.9 Å². The van der Waals surface area contributed by atoms with Crippen molar-refractivity contribution in [2.75, 3.05) is 7.11 Å². The molecule has 4 rings (SSSR count). The highest BCUT2D eigenvalue weighted by Gasteiger charge is 2.38. The molecule has 2 aromatic carbocycles. The van der Waals surface area contributed by atoms with Crippen LogP contribution >= 0.6 is 0 Å². The zero-order valence-electron chi connectivity index (χ0n) is 16.8. The van der Waals surface area contributed by atoms with E-state index in [1.807, 2.05) is 60.0 Å². The fraction of sp³-hybridized carbons (Fsp3) is 0.417. The Hall–Kier alpha value is -2.27. The van der Waals surface area contributed by atoms with Crippen LogP contribution in [0.3, 0.4) is 0 Å². The maximum atomic E-state index is 13.6. The summed E-state index contributed by atoms with van der Waals surface area (Å²) in [5.41, 5.74) is 4.60. The van der Waals surface area contributed by atoms with Gasteiger partial charge in [0, 0.05) is 12.5 Å². The van der Waals surface area contributed by atoms with Crippen LogP contribution in [0.25, 0.3) is 22.2 Å². The van der Waals surface area contributed by atoms with Gasteiger partial charge in [0.2, 0.25) is 0 Å². The normalized spacial score (nSPS) is 15.8. The largest absolute Gasteiger partial charge is 0.389 e. The van der Waals surface area contributed by atoms with E-state index in [9.17, 15) is 13.2 Å². The van der Waals surface area contributed by atoms with E-state index in [0.717, 1.165) is 46.1 Å². The van der Waals surface area contributed by atoms with E-state index in [4.69, 9.17) is 4.74 Å². The third kappa shape index (κ3) is 4.35. The molecular formula is C24H26F3NO. The first-order valence-corrected chi connectivity index (χ1v) is 10.1. The molecule has 29 heavy (non-hydrogen) atoms. The van der Waals surface area contributed by atoms with E-state index in [1.54, 1.807) is 7.11 Å². The van der Waals surface area contributed by atoms with Gasteiger partial charge in [-0.1, -0.05) is 55.3 Å². The first-order valence-electron chi connectivity index (χ1n) is 10.1. The van der Waals surface area contributed by atoms with Gasteiger partial charge in [-0.2, -0.15) is 13.2 Å². The molecule has 0 radical (unpaired) electrons. The number of benzene rings is 2. The van der Waals surface area contributed by atoms with Gasteiger partial charge in [0.25, 0.3) is 0 Å². The number of halogens is 3. The van der Waals surface area contributed by atoms with E-state index in [1.165, 1.54) is 0 Å². The number of ether oxygens (including phenoxy) is 1. The summed E-state index contributed by atoms with van der Waals surface area (Å²) in [6.07, 6.45) is -2.34. The molecule has 0 bridgehead atoms. The highest BCUT2D eigenvalue weighted by Crippen LogP contribution is 2.48. The van der Waals surface area contributed by atoms with Crippen molar-refractivity contribution in [2.24, 2.45) is 5.92 Å². The second-order valence-corrected chi connectivity index (χ2v) is 8.19. The molecule has 1 atom stereocenters. The first-order chi connectivity index (χ1) is 13.9. The molecule has 0 saturated heterocycles. The summed E-state index contributed by atoms with van der Waals surface area (Å²) in [5.74, 6) is -0.154. The van der Waals surface area contributed by atoms with Crippen molar-refractivity contribution < 1.29 is 17.9 Å². The molecule has 1 aliphatic carbocycles. The van der Waals surface area contributed by atoms with Gasteiger partial charge in [-0.25, -0.2) is 0 Å². The minimum Gasteiger partial charge on any atom is -0.364 e. The van der Waals surface area contributed by atoms with E-state index in [2.05, 4.69) is 0 Å². The number of nitrogens with zero attached hydrogens (tertiary/aromatic N) is 1. The second kappa shape index (κ2) is 7.86. The number of fused-ring (bicyclic) bond motifs is 1. The summed E-state index contributed by atoms with van der Waals surface area (Å²) in [4.78, 5) is 0. The molecule has 0 amide bonds. The Morgan fingerprint density at radius 3 is 2.45 bits per heavy atom. The maximum absolute atomic E-state index is 13.6. The van der Waals surface area contributed by atoms with Gasteiger partial charge in [-0.3, -0.25) is 0 Å². The van der Waals surface area contributed by atoms with Crippen LogP contribution in [0.4, 0.5) is 13.2 Å². The zero-order chi connectivity index (χ0) is 20.6. The molecule has 0 spiro atoms. The van der Waals surface area contributed by atoms with Gasteiger partial charge < -0.3 is 9.30 Å². The van der Waals surface area contributed by atoms with Crippen LogP contribution in [0.2, 0.25) is 0 Å². The summed E-state index contributed by atoms with van der Waals surface area (Å²) >= 11 is 0. The number of rotatable bonds is 7. The van der Waals surface area contributed by atoms with Crippen molar-refractivity contribution >= 4 is 10.9 Å². The molecule has 0 N–H and O–H groups in total. The van der Waals surface area contributed by atoms with E-state index in [0.29, 0.717) is 19.1 Å². The molecule has 1 aromatic heterocycles. The third-order valence-corrected chi connectivity index (χ3v) is 5.77. The highest BCUT2D eigenvalue weighted by molar-refractivity contribution is 5.93. The topological polar surface area (TPSA) is 14.2 Å². The number of hydrogen-bond donors (Lipinski definition) is 0. The Kier molecular flexibility index (Phi) is 5.43. The number of alkyl halides is 3. The van der Waals surface area contributed by atoms with Gasteiger partial charge in [0.15, 0.2) is 0 Å². The standard InChI is InChI=1S/C24H26F3NO/c1-16-8-11-20-21(12-16)28(15-29-2)23(18-6-4-3-5-7-18)22(20)19(13-17-9-10-17)14-24(25,26)27/h3-8,11-12,17,19H,9-10,13-15H2,1-2H3. The van der Waals surface area contributed by atoms with Gasteiger partial charge >= 0.3 is 6.18 Å². The van der Waals surface area contributed by atoms with Crippen molar-refractivity contribution in [1.82, 2.24) is 4.57 Å². The van der Waals surface area contributed by atoms with Crippen molar-refractivity contribution in [3.8, 4) is 11.3 Å². The van der Waals surface area contributed by atoms with E-state index in [-0.39, 0.29) is 0 Å². The van der Waals surface area contributed by atoms with Crippen LogP contribution in [0.1, 0.15) is 42.7 Å². The fourth-order valence-electron chi connectivity index (χ4n) is 4.41. The van der Waals surface area contributed by atoms with Crippen LogP contribution in [0, 0.1) is 12.8 Å². The third-order valence-electron chi connectivity index (χ3n) is 5.77. The molecule has 1 saturated carbocycles. The van der Waals surface area contributed by atoms with Crippen LogP contribution in [-0.2, 0) is 11.5 Å². The number of aromatic nitrogens is 1. The minimum atomic E-state index is -4.20. The lowest BCUT2D eigenvalue weighted by molar-refractivity contribution is -0.139. The van der Waals surface area contributed by atoms with Gasteiger partial charge in [0.1, 0.15) is 6.73 Å². The molecule has 0 aliphatic heterocycles. The highest BCUT2D eigenvalue weighted by atomic mass is 19.4. The zero-order valence-corrected chi connectivity index (χ0v) is 16.8. The summed E-state index contributed by atoms with van der Waals surface area (Å²) in [7, 11) is 1.62. The van der Waals surface area contributed by atoms with Crippen LogP contribution in [-0.4, -0.2) is 17.9 Å². The second-order valence-electron chi connectivity index (χ2n) is 8.19. The monoisotopic (exact) mass is 401 g/mol. The van der Waals surface area contributed by atoms with Crippen LogP contribution < -0.4 is 0 Å². The van der Waals surface area contributed by atoms with Crippen LogP contribution in [0.15, 0.2) is 48.5 Å². The molecule has 1 unspecified atom stereocenters. The average molecular weight is 401 g/mol. The number of methoxy groups -OCH3 is 1. The molecule has 3 aromatic rings. The smallest absolute Gasteiger partial charge is 0.364 e. The quantitative estimate of drug-likeness (QED) is 0.413. The van der Waals surface area contributed by atoms with E-state index < -0.39 is 18.5 Å². The molecular weight excluding hydrogens is 375 g/mol. The Morgan fingerprint density at radius 1 is 1.10 bits per heavy atom.